The number of ether oxygens (including phenoxy) is 1. The summed E-state index contributed by atoms with van der Waals surface area (Å²) in [4.78, 5) is 2.14. The first-order valence-corrected chi connectivity index (χ1v) is 8.59. The van der Waals surface area contributed by atoms with Gasteiger partial charge in [-0.25, -0.2) is 8.42 Å². The first-order chi connectivity index (χ1) is 9.91. The summed E-state index contributed by atoms with van der Waals surface area (Å²) in [6.07, 6.45) is 0. The lowest BCUT2D eigenvalue weighted by atomic mass is 10.0. The Morgan fingerprint density at radius 3 is 2.50 bits per heavy atom. The zero-order valence-electron chi connectivity index (χ0n) is 12.4. The number of hydrogen-bond donors (Lipinski definition) is 2. The first-order valence-electron chi connectivity index (χ1n) is 6.94. The summed E-state index contributed by atoms with van der Waals surface area (Å²) in [5.41, 5.74) is 0.514. The predicted octanol–water partition coefficient (Wildman–Crippen LogP) is 0.372. The van der Waals surface area contributed by atoms with Gasteiger partial charge in [0.15, 0.2) is 9.84 Å². The van der Waals surface area contributed by atoms with Crippen LogP contribution in [0.3, 0.4) is 0 Å². The Morgan fingerprint density at radius 2 is 1.95 bits per heavy atom. The molecule has 1 aromatic rings. The van der Waals surface area contributed by atoms with Crippen molar-refractivity contribution in [3.63, 3.8) is 0 Å². The number of nitrogens with zero attached hydrogens (tertiary/aromatic N) is 1. The second-order valence-corrected chi connectivity index (χ2v) is 7.34. The summed E-state index contributed by atoms with van der Waals surface area (Å²) in [6, 6.07) is 6.12. The van der Waals surface area contributed by atoms with E-state index in [2.05, 4.69) is 0 Å². The number of benzene rings is 1. The van der Waals surface area contributed by atoms with Gasteiger partial charge in [-0.15, -0.1) is 12.4 Å². The zero-order chi connectivity index (χ0) is 15.5. The van der Waals surface area contributed by atoms with Gasteiger partial charge in [-0.3, -0.25) is 4.90 Å². The average Bonchev–Trinajstić information content (AvgIpc) is 2.48. The summed E-state index contributed by atoms with van der Waals surface area (Å²) >= 11 is 0. The molecule has 2 N–H and O–H groups in total. The van der Waals surface area contributed by atoms with Crippen LogP contribution >= 0.6 is 12.4 Å². The molecule has 1 aromatic carbocycles. The van der Waals surface area contributed by atoms with Crippen molar-refractivity contribution in [2.75, 3.05) is 38.6 Å². The van der Waals surface area contributed by atoms with Crippen molar-refractivity contribution in [2.45, 2.75) is 17.6 Å². The van der Waals surface area contributed by atoms with Crippen LogP contribution in [-0.4, -0.2) is 62.1 Å². The maximum Gasteiger partial charge on any atom is 0.205 e. The van der Waals surface area contributed by atoms with E-state index >= 15 is 0 Å². The Morgan fingerprint density at radius 1 is 1.32 bits per heavy atom. The van der Waals surface area contributed by atoms with Crippen LogP contribution in [0.5, 0.6) is 0 Å². The van der Waals surface area contributed by atoms with Gasteiger partial charge in [0, 0.05) is 18.7 Å². The lowest BCUT2D eigenvalue weighted by Crippen LogP contribution is -2.50. The Balaban J connectivity index is 0.00000242. The van der Waals surface area contributed by atoms with Crippen molar-refractivity contribution in [3.05, 3.63) is 29.8 Å². The highest BCUT2D eigenvalue weighted by atomic mass is 35.5. The molecule has 0 radical (unpaired) electrons. The van der Waals surface area contributed by atoms with Crippen LogP contribution in [0.25, 0.3) is 0 Å². The maximum atomic E-state index is 11.8. The molecule has 1 heterocycles. The van der Waals surface area contributed by atoms with E-state index in [1.807, 2.05) is 4.90 Å². The topological polar surface area (TPSA) is 87.1 Å². The fraction of sp³-hybridized carbons (Fsp3) is 0.571. The number of β-amino-alcohol motifs (C(OH)–C–C–N with tert-alkyl or cyclic N) is 2. The number of rotatable bonds is 5. The summed E-state index contributed by atoms with van der Waals surface area (Å²) in [5.74, 6) is -1.43. The van der Waals surface area contributed by atoms with E-state index in [1.54, 1.807) is 19.1 Å². The molecule has 1 atom stereocenters. The van der Waals surface area contributed by atoms with Gasteiger partial charge in [-0.2, -0.15) is 0 Å². The highest BCUT2D eigenvalue weighted by Crippen LogP contribution is 2.28. The molecule has 126 valence electrons. The Kier molecular flexibility index (Phi) is 6.79. The number of sulfone groups is 1. The molecule has 1 fully saturated rings. The molecule has 22 heavy (non-hydrogen) atoms. The van der Waals surface area contributed by atoms with E-state index in [9.17, 15) is 13.5 Å². The van der Waals surface area contributed by atoms with E-state index in [0.717, 1.165) is 0 Å². The van der Waals surface area contributed by atoms with Crippen LogP contribution in [0.1, 0.15) is 12.5 Å². The molecule has 0 saturated carbocycles. The van der Waals surface area contributed by atoms with Gasteiger partial charge >= 0.3 is 0 Å². The van der Waals surface area contributed by atoms with Crippen molar-refractivity contribution in [1.29, 1.82) is 0 Å². The Bertz CT molecular complexity index is 575. The van der Waals surface area contributed by atoms with Crippen LogP contribution in [0.15, 0.2) is 29.2 Å². The summed E-state index contributed by atoms with van der Waals surface area (Å²) in [7, 11) is -3.25. The maximum absolute atomic E-state index is 11.8. The number of halogens is 1. The monoisotopic (exact) mass is 351 g/mol. The fourth-order valence-corrected chi connectivity index (χ4v) is 3.25. The molecule has 1 saturated heterocycles. The number of aliphatic hydroxyl groups excluding tert-OH is 1. The molecule has 1 aliphatic heterocycles. The van der Waals surface area contributed by atoms with Gasteiger partial charge in [-0.05, 0) is 12.1 Å². The van der Waals surface area contributed by atoms with E-state index in [0.29, 0.717) is 25.3 Å². The van der Waals surface area contributed by atoms with Crippen LogP contribution in [-0.2, 0) is 20.4 Å². The van der Waals surface area contributed by atoms with Gasteiger partial charge in [0.25, 0.3) is 0 Å². The highest BCUT2D eigenvalue weighted by Gasteiger charge is 2.36. The predicted molar refractivity (Wildman–Crippen MR) is 84.8 cm³/mol. The normalized spacial score (nSPS) is 23.0. The van der Waals surface area contributed by atoms with Gasteiger partial charge < -0.3 is 14.9 Å². The quantitative estimate of drug-likeness (QED) is 0.797. The average molecular weight is 352 g/mol. The minimum Gasteiger partial charge on any atom is -0.395 e. The smallest absolute Gasteiger partial charge is 0.205 e. The Hall–Kier alpha value is -0.700. The number of morpholine rings is 1. The summed E-state index contributed by atoms with van der Waals surface area (Å²) < 4.78 is 29.0. The second-order valence-electron chi connectivity index (χ2n) is 5.06. The molecule has 1 aliphatic rings. The molecule has 0 bridgehead atoms. The molecule has 6 nitrogen and oxygen atoms in total. The third-order valence-electron chi connectivity index (χ3n) is 3.65. The van der Waals surface area contributed by atoms with Gasteiger partial charge in [0.2, 0.25) is 5.79 Å². The first kappa shape index (κ1) is 19.3. The second kappa shape index (κ2) is 7.72. The summed E-state index contributed by atoms with van der Waals surface area (Å²) in [6.45, 7) is 3.32. The molecule has 8 heteroatoms. The third-order valence-corrected chi connectivity index (χ3v) is 5.40. The molecule has 0 aromatic heterocycles. The summed E-state index contributed by atoms with van der Waals surface area (Å²) in [5, 5.41) is 19.6. The minimum absolute atomic E-state index is 0. The largest absolute Gasteiger partial charge is 0.395 e. The molecule has 0 amide bonds. The van der Waals surface area contributed by atoms with E-state index in [-0.39, 0.29) is 36.2 Å². The highest BCUT2D eigenvalue weighted by molar-refractivity contribution is 7.91. The van der Waals surface area contributed by atoms with E-state index in [1.165, 1.54) is 12.1 Å². The Labute approximate surface area is 137 Å². The zero-order valence-corrected chi connectivity index (χ0v) is 14.1. The molecule has 0 aliphatic carbocycles. The molecule has 2 rings (SSSR count). The third kappa shape index (κ3) is 4.18. The minimum atomic E-state index is -3.25. The lowest BCUT2D eigenvalue weighted by Gasteiger charge is -2.39. The van der Waals surface area contributed by atoms with E-state index in [4.69, 9.17) is 9.84 Å². The van der Waals surface area contributed by atoms with Crippen molar-refractivity contribution in [2.24, 2.45) is 0 Å². The van der Waals surface area contributed by atoms with E-state index < -0.39 is 15.6 Å². The van der Waals surface area contributed by atoms with Crippen molar-refractivity contribution in [3.8, 4) is 0 Å². The standard InChI is InChI=1S/C14H21NO5S.ClH/c1-2-21(18,19)13-5-3-12(4-6-13)14(17)11-15(7-9-16)8-10-20-14;/h3-6,16-17H,2,7-11H2,1H3;1H. The van der Waals surface area contributed by atoms with Crippen molar-refractivity contribution < 1.29 is 23.4 Å². The van der Waals surface area contributed by atoms with Crippen molar-refractivity contribution >= 4 is 22.2 Å². The molecular weight excluding hydrogens is 330 g/mol. The van der Waals surface area contributed by atoms with Gasteiger partial charge in [-0.1, -0.05) is 19.1 Å². The number of hydrogen-bond acceptors (Lipinski definition) is 6. The van der Waals surface area contributed by atoms with Crippen LogP contribution in [0.2, 0.25) is 0 Å². The fourth-order valence-electron chi connectivity index (χ4n) is 2.37. The number of aliphatic hydroxyl groups is 2. The van der Waals surface area contributed by atoms with Gasteiger partial charge in [0.05, 0.1) is 30.4 Å². The van der Waals surface area contributed by atoms with Gasteiger partial charge in [0.1, 0.15) is 0 Å². The molecule has 0 spiro atoms. The van der Waals surface area contributed by atoms with Crippen LogP contribution in [0.4, 0.5) is 0 Å². The van der Waals surface area contributed by atoms with Crippen molar-refractivity contribution in [1.82, 2.24) is 4.90 Å². The SMILES string of the molecule is CCS(=O)(=O)c1ccc(C2(O)CN(CCO)CCO2)cc1.Cl. The lowest BCUT2D eigenvalue weighted by molar-refractivity contribution is -0.248. The molecule has 1 unspecified atom stereocenters. The van der Waals surface area contributed by atoms with Crippen LogP contribution < -0.4 is 0 Å². The van der Waals surface area contributed by atoms with Crippen LogP contribution in [0, 0.1) is 0 Å². The molecular formula is C14H22ClNO5S.